The highest BCUT2D eigenvalue weighted by atomic mass is 16.4. The van der Waals surface area contributed by atoms with Crippen molar-refractivity contribution < 1.29 is 15.3 Å². The molecule has 0 aromatic carbocycles. The van der Waals surface area contributed by atoms with Gasteiger partial charge in [-0.3, -0.25) is 0 Å². The second-order valence-corrected chi connectivity index (χ2v) is 2.21. The molecule has 0 saturated carbocycles. The zero-order chi connectivity index (χ0) is 7.44. The molecular weight excluding hydrogens is 120 g/mol. The van der Waals surface area contributed by atoms with Crippen LogP contribution in [0.25, 0.3) is 0 Å². The zero-order valence-electron chi connectivity index (χ0n) is 5.78. The lowest BCUT2D eigenvalue weighted by molar-refractivity contribution is -0.0524. The van der Waals surface area contributed by atoms with E-state index in [1.54, 1.807) is 6.92 Å². The summed E-state index contributed by atoms with van der Waals surface area (Å²) in [5.41, 5.74) is 0. The molecule has 3 unspecified atom stereocenters. The Morgan fingerprint density at radius 3 is 1.78 bits per heavy atom. The van der Waals surface area contributed by atoms with Crippen LogP contribution in [-0.4, -0.2) is 33.6 Å². The summed E-state index contributed by atoms with van der Waals surface area (Å²) in [6.45, 7) is 3.19. The predicted octanol–water partition coefficient (Wildman–Crippen LogP) is -0.501. The van der Waals surface area contributed by atoms with Crippen molar-refractivity contribution in [2.75, 3.05) is 0 Å². The number of hydrogen-bond donors (Lipinski definition) is 3. The Morgan fingerprint density at radius 2 is 1.67 bits per heavy atom. The Bertz CT molecular complexity index is 72.7. The van der Waals surface area contributed by atoms with Crippen LogP contribution in [0.1, 0.15) is 20.3 Å². The smallest absolute Gasteiger partial charge is 0.105 e. The van der Waals surface area contributed by atoms with Crippen molar-refractivity contribution in [2.24, 2.45) is 0 Å². The van der Waals surface area contributed by atoms with Crippen molar-refractivity contribution in [3.8, 4) is 0 Å². The molecule has 0 aliphatic heterocycles. The molecule has 0 rings (SSSR count). The molecule has 0 heterocycles. The van der Waals surface area contributed by atoms with E-state index in [9.17, 15) is 0 Å². The lowest BCUT2D eigenvalue weighted by atomic mass is 10.1. The summed E-state index contributed by atoms with van der Waals surface area (Å²) in [6.07, 6.45) is -2.19. The molecule has 0 aliphatic carbocycles. The van der Waals surface area contributed by atoms with E-state index in [4.69, 9.17) is 15.3 Å². The van der Waals surface area contributed by atoms with Crippen molar-refractivity contribution in [3.63, 3.8) is 0 Å². The molecule has 3 heteroatoms. The third-order valence-corrected chi connectivity index (χ3v) is 1.31. The molecule has 0 aromatic rings. The van der Waals surface area contributed by atoms with Gasteiger partial charge in [0, 0.05) is 0 Å². The second kappa shape index (κ2) is 3.82. The monoisotopic (exact) mass is 134 g/mol. The van der Waals surface area contributed by atoms with Gasteiger partial charge < -0.3 is 15.3 Å². The minimum absolute atomic E-state index is 0.464. The molecule has 3 N–H and O–H groups in total. The van der Waals surface area contributed by atoms with E-state index < -0.39 is 18.3 Å². The normalized spacial score (nSPS) is 21.0. The SMILES string of the molecule is CCC(O)C(O)C(C)O. The second-order valence-electron chi connectivity index (χ2n) is 2.21. The Labute approximate surface area is 54.9 Å². The molecule has 3 atom stereocenters. The van der Waals surface area contributed by atoms with E-state index in [0.717, 1.165) is 0 Å². The largest absolute Gasteiger partial charge is 0.391 e. The minimum Gasteiger partial charge on any atom is -0.391 e. The van der Waals surface area contributed by atoms with Gasteiger partial charge in [0.15, 0.2) is 0 Å². The predicted molar refractivity (Wildman–Crippen MR) is 34.0 cm³/mol. The Hall–Kier alpha value is -0.120. The Morgan fingerprint density at radius 1 is 1.22 bits per heavy atom. The summed E-state index contributed by atoms with van der Waals surface area (Å²) in [7, 11) is 0. The summed E-state index contributed by atoms with van der Waals surface area (Å²) in [5, 5.41) is 26.5. The Kier molecular flexibility index (Phi) is 3.77. The van der Waals surface area contributed by atoms with E-state index in [-0.39, 0.29) is 0 Å². The van der Waals surface area contributed by atoms with Crippen molar-refractivity contribution in [2.45, 2.75) is 38.6 Å². The van der Waals surface area contributed by atoms with Gasteiger partial charge in [0.25, 0.3) is 0 Å². The molecule has 0 spiro atoms. The van der Waals surface area contributed by atoms with Crippen LogP contribution in [0.4, 0.5) is 0 Å². The third kappa shape index (κ3) is 2.79. The molecule has 0 amide bonds. The van der Waals surface area contributed by atoms with Crippen LogP contribution in [0.3, 0.4) is 0 Å². The van der Waals surface area contributed by atoms with Gasteiger partial charge >= 0.3 is 0 Å². The van der Waals surface area contributed by atoms with Gasteiger partial charge in [-0.05, 0) is 13.3 Å². The molecule has 0 saturated heterocycles. The highest BCUT2D eigenvalue weighted by molar-refractivity contribution is 4.69. The summed E-state index contributed by atoms with van der Waals surface area (Å²) < 4.78 is 0. The highest BCUT2D eigenvalue weighted by Gasteiger charge is 2.18. The first-order chi connectivity index (χ1) is 4.09. The van der Waals surface area contributed by atoms with Gasteiger partial charge in [0.1, 0.15) is 6.10 Å². The molecule has 0 aliphatic rings. The summed E-state index contributed by atoms with van der Waals surface area (Å²) >= 11 is 0. The molecule has 56 valence electrons. The van der Waals surface area contributed by atoms with Crippen molar-refractivity contribution in [1.29, 1.82) is 0 Å². The van der Waals surface area contributed by atoms with Crippen LogP contribution in [0.15, 0.2) is 0 Å². The molecule has 0 fully saturated rings. The lowest BCUT2D eigenvalue weighted by Gasteiger charge is -2.17. The van der Waals surface area contributed by atoms with E-state index in [1.807, 2.05) is 0 Å². The van der Waals surface area contributed by atoms with E-state index >= 15 is 0 Å². The zero-order valence-corrected chi connectivity index (χ0v) is 5.78. The summed E-state index contributed by atoms with van der Waals surface area (Å²) in [5.74, 6) is 0. The average molecular weight is 134 g/mol. The molecule has 0 aromatic heterocycles. The molecular formula is C6H14O3. The van der Waals surface area contributed by atoms with Crippen LogP contribution in [0.2, 0.25) is 0 Å². The summed E-state index contributed by atoms with van der Waals surface area (Å²) in [4.78, 5) is 0. The first kappa shape index (κ1) is 8.88. The Balaban J connectivity index is 3.58. The number of aliphatic hydroxyl groups is 3. The third-order valence-electron chi connectivity index (χ3n) is 1.31. The van der Waals surface area contributed by atoms with E-state index in [0.29, 0.717) is 6.42 Å². The maximum absolute atomic E-state index is 8.89. The number of hydrogen-bond acceptors (Lipinski definition) is 3. The van der Waals surface area contributed by atoms with Gasteiger partial charge in [0.2, 0.25) is 0 Å². The fourth-order valence-electron chi connectivity index (χ4n) is 0.563. The maximum Gasteiger partial charge on any atom is 0.105 e. The van der Waals surface area contributed by atoms with Gasteiger partial charge in [-0.2, -0.15) is 0 Å². The first-order valence-corrected chi connectivity index (χ1v) is 3.13. The molecule has 0 bridgehead atoms. The molecule has 9 heavy (non-hydrogen) atoms. The molecule has 3 nitrogen and oxygen atoms in total. The topological polar surface area (TPSA) is 60.7 Å². The maximum atomic E-state index is 8.89. The van der Waals surface area contributed by atoms with Crippen molar-refractivity contribution >= 4 is 0 Å². The van der Waals surface area contributed by atoms with Crippen molar-refractivity contribution in [3.05, 3.63) is 0 Å². The van der Waals surface area contributed by atoms with E-state index in [1.165, 1.54) is 6.92 Å². The molecule has 0 radical (unpaired) electrons. The standard InChI is InChI=1S/C6H14O3/c1-3-5(8)6(9)4(2)7/h4-9H,3H2,1-2H3. The van der Waals surface area contributed by atoms with Gasteiger partial charge in [0.05, 0.1) is 12.2 Å². The van der Waals surface area contributed by atoms with Crippen molar-refractivity contribution in [1.82, 2.24) is 0 Å². The number of aliphatic hydroxyl groups excluding tert-OH is 3. The fourth-order valence-corrected chi connectivity index (χ4v) is 0.563. The van der Waals surface area contributed by atoms with E-state index in [2.05, 4.69) is 0 Å². The highest BCUT2D eigenvalue weighted by Crippen LogP contribution is 2.01. The lowest BCUT2D eigenvalue weighted by Crippen LogP contribution is -2.34. The first-order valence-electron chi connectivity index (χ1n) is 3.13. The quantitative estimate of drug-likeness (QED) is 0.487. The van der Waals surface area contributed by atoms with Crippen LogP contribution in [0, 0.1) is 0 Å². The minimum atomic E-state index is -1.00. The van der Waals surface area contributed by atoms with Crippen LogP contribution in [0.5, 0.6) is 0 Å². The van der Waals surface area contributed by atoms with Gasteiger partial charge in [-0.1, -0.05) is 6.92 Å². The average Bonchev–Trinajstić information content (AvgIpc) is 1.84. The van der Waals surface area contributed by atoms with Crippen LogP contribution in [-0.2, 0) is 0 Å². The fraction of sp³-hybridized carbons (Fsp3) is 1.00. The van der Waals surface area contributed by atoms with Gasteiger partial charge in [-0.15, -0.1) is 0 Å². The van der Waals surface area contributed by atoms with Gasteiger partial charge in [-0.25, -0.2) is 0 Å². The summed E-state index contributed by atoms with van der Waals surface area (Å²) in [6, 6.07) is 0. The number of rotatable bonds is 3. The van der Waals surface area contributed by atoms with Crippen LogP contribution >= 0.6 is 0 Å². The van der Waals surface area contributed by atoms with Crippen LogP contribution < -0.4 is 0 Å².